The van der Waals surface area contributed by atoms with E-state index in [1.807, 2.05) is 54.6 Å². The number of ether oxygens (including phenoxy) is 3. The highest BCUT2D eigenvalue weighted by Gasteiger charge is 2.13. The molecule has 0 radical (unpaired) electrons. The monoisotopic (exact) mass is 475 g/mol. The van der Waals surface area contributed by atoms with Crippen LogP contribution in [-0.4, -0.2) is 25.7 Å². The average molecular weight is 475 g/mol. The summed E-state index contributed by atoms with van der Waals surface area (Å²) in [6.45, 7) is 0.364. The molecule has 1 aromatic heterocycles. The second kappa shape index (κ2) is 11.2. The van der Waals surface area contributed by atoms with E-state index < -0.39 is 17.7 Å². The van der Waals surface area contributed by atoms with Crippen molar-refractivity contribution in [3.8, 4) is 5.75 Å². The maximum atomic E-state index is 12.3. The number of carbonyl (C=O) groups excluding carboxylic acids is 2. The van der Waals surface area contributed by atoms with Gasteiger partial charge in [-0.15, -0.1) is 0 Å². The van der Waals surface area contributed by atoms with Crippen molar-refractivity contribution in [3.63, 3.8) is 0 Å². The third-order valence-electron chi connectivity index (χ3n) is 5.44. The molecule has 8 heteroatoms. The Bertz CT molecular complexity index is 1400. The first-order chi connectivity index (χ1) is 17.0. The number of hydrogen-bond donors (Lipinski definition) is 1. The van der Waals surface area contributed by atoms with E-state index in [2.05, 4.69) is 5.32 Å². The third-order valence-corrected chi connectivity index (χ3v) is 5.44. The zero-order valence-corrected chi connectivity index (χ0v) is 19.2. The van der Waals surface area contributed by atoms with Crippen molar-refractivity contribution in [1.29, 1.82) is 0 Å². The molecule has 1 amide bonds. The Morgan fingerprint density at radius 1 is 0.943 bits per heavy atom. The van der Waals surface area contributed by atoms with E-state index in [0.29, 0.717) is 28.7 Å². The highest BCUT2D eigenvalue weighted by Crippen LogP contribution is 2.30. The Balaban J connectivity index is 1.32. The lowest BCUT2D eigenvalue weighted by atomic mass is 10.0. The number of esters is 1. The zero-order valence-electron chi connectivity index (χ0n) is 19.2. The molecule has 0 saturated heterocycles. The van der Waals surface area contributed by atoms with Gasteiger partial charge in [0.1, 0.15) is 24.5 Å². The second-order valence-electron chi connectivity index (χ2n) is 7.87. The summed E-state index contributed by atoms with van der Waals surface area (Å²) in [7, 11) is 1.58. The van der Waals surface area contributed by atoms with Crippen molar-refractivity contribution in [2.45, 2.75) is 26.1 Å². The third kappa shape index (κ3) is 6.17. The molecule has 1 heterocycles. The maximum absolute atomic E-state index is 12.3. The summed E-state index contributed by atoms with van der Waals surface area (Å²) in [4.78, 5) is 36.1. The molecule has 0 bridgehead atoms. The fourth-order valence-corrected chi connectivity index (χ4v) is 3.72. The van der Waals surface area contributed by atoms with Crippen molar-refractivity contribution < 1.29 is 28.2 Å². The molecule has 0 spiro atoms. The molecule has 0 atom stereocenters. The average Bonchev–Trinajstić information content (AvgIpc) is 2.88. The van der Waals surface area contributed by atoms with Gasteiger partial charge in [0.05, 0.1) is 7.11 Å². The Morgan fingerprint density at radius 3 is 2.54 bits per heavy atom. The van der Waals surface area contributed by atoms with Gasteiger partial charge in [-0.05, 0) is 41.0 Å². The van der Waals surface area contributed by atoms with Crippen LogP contribution in [0.25, 0.3) is 21.7 Å². The number of hydrogen-bond acceptors (Lipinski definition) is 7. The summed E-state index contributed by atoms with van der Waals surface area (Å²) in [5.41, 5.74) is 1.32. The molecule has 35 heavy (non-hydrogen) atoms. The summed E-state index contributed by atoms with van der Waals surface area (Å²) in [6, 6.07) is 19.9. The van der Waals surface area contributed by atoms with E-state index in [4.69, 9.17) is 18.6 Å². The molecule has 3 aromatic carbocycles. The van der Waals surface area contributed by atoms with Gasteiger partial charge in [0.2, 0.25) is 0 Å². The molecule has 0 saturated carbocycles. The number of fused-ring (bicyclic) bond motifs is 3. The first kappa shape index (κ1) is 23.8. The summed E-state index contributed by atoms with van der Waals surface area (Å²) >= 11 is 0. The largest absolute Gasteiger partial charge is 0.497 e. The van der Waals surface area contributed by atoms with Crippen molar-refractivity contribution in [1.82, 2.24) is 5.32 Å². The van der Waals surface area contributed by atoms with Gasteiger partial charge in [-0.3, -0.25) is 4.79 Å². The first-order valence-corrected chi connectivity index (χ1v) is 11.2. The molecule has 0 aliphatic rings. The van der Waals surface area contributed by atoms with Gasteiger partial charge in [0.25, 0.3) is 0 Å². The van der Waals surface area contributed by atoms with Crippen LogP contribution in [0.5, 0.6) is 5.75 Å². The predicted octanol–water partition coefficient (Wildman–Crippen LogP) is 4.70. The van der Waals surface area contributed by atoms with E-state index in [1.54, 1.807) is 13.2 Å². The number of benzene rings is 3. The molecule has 0 aliphatic heterocycles. The van der Waals surface area contributed by atoms with E-state index >= 15 is 0 Å². The number of nitrogens with one attached hydrogen (secondary N) is 1. The number of amides is 1. The summed E-state index contributed by atoms with van der Waals surface area (Å²) in [5.74, 6) is 0.220. The van der Waals surface area contributed by atoms with E-state index in [0.717, 1.165) is 16.3 Å². The number of rotatable bonds is 9. The molecule has 0 unspecified atom stereocenters. The lowest BCUT2D eigenvalue weighted by Crippen LogP contribution is -2.25. The molecule has 0 aliphatic carbocycles. The molecule has 0 fully saturated rings. The molecule has 8 nitrogen and oxygen atoms in total. The Hall–Kier alpha value is -4.33. The summed E-state index contributed by atoms with van der Waals surface area (Å²) < 4.78 is 21.2. The zero-order chi connectivity index (χ0) is 24.6. The Labute approximate surface area is 201 Å². The minimum absolute atomic E-state index is 0.0796. The van der Waals surface area contributed by atoms with Gasteiger partial charge in [-0.1, -0.05) is 42.5 Å². The van der Waals surface area contributed by atoms with Crippen LogP contribution < -0.4 is 15.7 Å². The van der Waals surface area contributed by atoms with Crippen molar-refractivity contribution in [2.24, 2.45) is 0 Å². The van der Waals surface area contributed by atoms with E-state index in [9.17, 15) is 14.4 Å². The van der Waals surface area contributed by atoms with Crippen LogP contribution in [0, 0.1) is 0 Å². The second-order valence-corrected chi connectivity index (χ2v) is 7.87. The van der Waals surface area contributed by atoms with Crippen LogP contribution in [0.4, 0.5) is 4.79 Å². The number of alkyl carbamates (subject to hydrolysis) is 1. The molecular formula is C27H25NO7. The number of methoxy groups -OCH3 is 1. The quantitative estimate of drug-likeness (QED) is 0.162. The van der Waals surface area contributed by atoms with Crippen LogP contribution in [0.2, 0.25) is 0 Å². The lowest BCUT2D eigenvalue weighted by molar-refractivity contribution is -0.145. The van der Waals surface area contributed by atoms with Crippen LogP contribution >= 0.6 is 0 Å². The Morgan fingerprint density at radius 2 is 1.74 bits per heavy atom. The standard InChI is InChI=1S/C27H25NO7/c1-32-21-11-9-19-10-12-23-26(22(19)15-21)20(14-25(30)35-23)17-33-24(29)8-5-13-28-27(31)34-16-18-6-3-2-4-7-18/h2-4,6-7,9-12,14-15H,5,8,13,16-17H2,1H3,(H,28,31). The van der Waals surface area contributed by atoms with E-state index in [-0.39, 0.29) is 26.2 Å². The van der Waals surface area contributed by atoms with Crippen molar-refractivity contribution in [3.05, 3.63) is 88.3 Å². The fraction of sp³-hybridized carbons (Fsp3) is 0.222. The molecule has 4 rings (SSSR count). The van der Waals surface area contributed by atoms with Gasteiger partial charge in [0.15, 0.2) is 0 Å². The SMILES string of the molecule is COc1ccc2ccc3oc(=O)cc(COC(=O)CCCNC(=O)OCc4ccccc4)c3c2c1. The van der Waals surface area contributed by atoms with Gasteiger partial charge < -0.3 is 23.9 Å². The first-order valence-electron chi connectivity index (χ1n) is 11.2. The van der Waals surface area contributed by atoms with Crippen molar-refractivity contribution >= 4 is 33.8 Å². The van der Waals surface area contributed by atoms with Crippen LogP contribution in [0.15, 0.2) is 75.9 Å². The smallest absolute Gasteiger partial charge is 0.407 e. The van der Waals surface area contributed by atoms with Gasteiger partial charge in [-0.25, -0.2) is 9.59 Å². The topological polar surface area (TPSA) is 104 Å². The van der Waals surface area contributed by atoms with Crippen LogP contribution in [0.3, 0.4) is 0 Å². The van der Waals surface area contributed by atoms with Crippen LogP contribution in [0.1, 0.15) is 24.0 Å². The molecular weight excluding hydrogens is 450 g/mol. The predicted molar refractivity (Wildman–Crippen MR) is 130 cm³/mol. The maximum Gasteiger partial charge on any atom is 0.407 e. The van der Waals surface area contributed by atoms with E-state index in [1.165, 1.54) is 6.07 Å². The summed E-state index contributed by atoms with van der Waals surface area (Å²) in [5, 5.41) is 5.07. The highest BCUT2D eigenvalue weighted by atomic mass is 16.5. The van der Waals surface area contributed by atoms with Crippen molar-refractivity contribution in [2.75, 3.05) is 13.7 Å². The summed E-state index contributed by atoms with van der Waals surface area (Å²) in [6.07, 6.45) is -0.0590. The van der Waals surface area contributed by atoms with Crippen LogP contribution in [-0.2, 0) is 27.5 Å². The fourth-order valence-electron chi connectivity index (χ4n) is 3.72. The highest BCUT2D eigenvalue weighted by molar-refractivity contribution is 6.07. The van der Waals surface area contributed by atoms with Gasteiger partial charge >= 0.3 is 17.7 Å². The molecule has 180 valence electrons. The normalized spacial score (nSPS) is 10.8. The number of carbonyl (C=O) groups is 2. The van der Waals surface area contributed by atoms with Gasteiger partial charge in [0, 0.05) is 30.0 Å². The minimum atomic E-state index is -0.549. The lowest BCUT2D eigenvalue weighted by Gasteiger charge is -2.11. The molecule has 1 N–H and O–H groups in total. The minimum Gasteiger partial charge on any atom is -0.497 e. The Kier molecular flexibility index (Phi) is 7.62. The molecule has 4 aromatic rings. The van der Waals surface area contributed by atoms with Gasteiger partial charge in [-0.2, -0.15) is 0 Å².